The lowest BCUT2D eigenvalue weighted by Crippen LogP contribution is -2.56. The molecule has 5 nitrogen and oxygen atoms in total. The van der Waals surface area contributed by atoms with Crippen molar-refractivity contribution in [1.29, 1.82) is 0 Å². The van der Waals surface area contributed by atoms with E-state index < -0.39 is 15.8 Å². The highest BCUT2D eigenvalue weighted by Crippen LogP contribution is 2.33. The minimum absolute atomic E-state index is 0.0172. The number of amides is 1. The molecule has 2 aliphatic rings. The van der Waals surface area contributed by atoms with Crippen molar-refractivity contribution >= 4 is 15.9 Å². The van der Waals surface area contributed by atoms with E-state index in [1.54, 1.807) is 11.9 Å². The van der Waals surface area contributed by atoms with Crippen LogP contribution in [0.5, 0.6) is 0 Å². The van der Waals surface area contributed by atoms with Gasteiger partial charge < -0.3 is 4.90 Å². The van der Waals surface area contributed by atoms with Gasteiger partial charge in [-0.05, 0) is 43.9 Å². The van der Waals surface area contributed by atoms with Crippen molar-refractivity contribution in [3.63, 3.8) is 0 Å². The zero-order valence-corrected chi connectivity index (χ0v) is 13.9. The van der Waals surface area contributed by atoms with Crippen LogP contribution < -0.4 is 0 Å². The van der Waals surface area contributed by atoms with Crippen LogP contribution in [-0.4, -0.2) is 49.2 Å². The molecule has 0 radical (unpaired) electrons. The van der Waals surface area contributed by atoms with Crippen LogP contribution in [0.25, 0.3) is 0 Å². The monoisotopic (exact) mass is 340 g/mol. The molecule has 0 bridgehead atoms. The molecule has 2 aliphatic heterocycles. The molecule has 7 heteroatoms. The van der Waals surface area contributed by atoms with Crippen LogP contribution in [0.15, 0.2) is 29.2 Å². The molecule has 0 aliphatic carbocycles. The Kier molecular flexibility index (Phi) is 4.42. The molecule has 3 rings (SSSR count). The Morgan fingerprint density at radius 2 is 1.91 bits per heavy atom. The summed E-state index contributed by atoms with van der Waals surface area (Å²) in [6, 6.07) is 4.80. The Morgan fingerprint density at radius 1 is 1.17 bits per heavy atom. The maximum absolute atomic E-state index is 13.4. The third-order valence-electron chi connectivity index (χ3n) is 4.88. The zero-order valence-electron chi connectivity index (χ0n) is 13.1. The van der Waals surface area contributed by atoms with Gasteiger partial charge in [0.15, 0.2) is 0 Å². The van der Waals surface area contributed by atoms with E-state index in [9.17, 15) is 17.6 Å². The van der Waals surface area contributed by atoms with Gasteiger partial charge >= 0.3 is 0 Å². The number of halogens is 1. The first-order valence-electron chi connectivity index (χ1n) is 7.94. The lowest BCUT2D eigenvalue weighted by molar-refractivity contribution is -0.132. The van der Waals surface area contributed by atoms with Crippen LogP contribution in [0.4, 0.5) is 4.39 Å². The number of nitrogens with zero attached hydrogens (tertiary/aromatic N) is 2. The average molecular weight is 340 g/mol. The normalized spacial score (nSPS) is 26.7. The van der Waals surface area contributed by atoms with Gasteiger partial charge in [-0.15, -0.1) is 0 Å². The average Bonchev–Trinajstić information content (AvgIpc) is 2.67. The largest absolute Gasteiger partial charge is 0.341 e. The molecule has 0 unspecified atom stereocenters. The third-order valence-corrected chi connectivity index (χ3v) is 6.80. The summed E-state index contributed by atoms with van der Waals surface area (Å²) in [5.41, 5.74) is 0. The number of fused-ring (bicyclic) bond motifs is 1. The number of piperidine rings is 1. The van der Waals surface area contributed by atoms with E-state index in [2.05, 4.69) is 0 Å². The van der Waals surface area contributed by atoms with Crippen molar-refractivity contribution < 1.29 is 17.6 Å². The second kappa shape index (κ2) is 6.20. The highest BCUT2D eigenvalue weighted by atomic mass is 32.2. The number of likely N-dealkylation sites (tertiary alicyclic amines) is 1. The summed E-state index contributed by atoms with van der Waals surface area (Å²) in [6.07, 6.45) is 3.31. The first-order valence-corrected chi connectivity index (χ1v) is 9.38. The summed E-state index contributed by atoms with van der Waals surface area (Å²) in [4.78, 5) is 13.7. The molecule has 23 heavy (non-hydrogen) atoms. The standard InChI is InChI=1S/C16H21FN2O3S/c1-18-14-8-4-10-19(15(14)7-3-9-16(18)20)23(21,22)13-6-2-5-12(17)11-13/h2,5-6,11,14-15H,3-4,7-10H2,1H3/t14-,15-/m1/s1. The van der Waals surface area contributed by atoms with Gasteiger partial charge in [0.1, 0.15) is 5.82 Å². The molecule has 0 saturated carbocycles. The molecule has 0 aromatic heterocycles. The maximum atomic E-state index is 13.4. The van der Waals surface area contributed by atoms with Crippen molar-refractivity contribution in [1.82, 2.24) is 9.21 Å². The summed E-state index contributed by atoms with van der Waals surface area (Å²) in [5.74, 6) is -0.490. The maximum Gasteiger partial charge on any atom is 0.243 e. The Bertz CT molecular complexity index is 707. The predicted octanol–water partition coefficient (Wildman–Crippen LogP) is 1.99. The number of likely N-dealkylation sites (N-methyl/N-ethyl adjacent to an activating group) is 1. The van der Waals surface area contributed by atoms with E-state index in [0.29, 0.717) is 32.2 Å². The summed E-state index contributed by atoms with van der Waals surface area (Å²) < 4.78 is 40.8. The smallest absolute Gasteiger partial charge is 0.243 e. The molecular formula is C16H21FN2O3S. The second-order valence-corrected chi connectivity index (χ2v) is 8.14. The molecule has 1 aromatic carbocycles. The highest BCUT2D eigenvalue weighted by Gasteiger charge is 2.42. The lowest BCUT2D eigenvalue weighted by atomic mass is 9.95. The molecule has 1 aromatic rings. The van der Waals surface area contributed by atoms with Gasteiger partial charge in [-0.2, -0.15) is 4.31 Å². The summed E-state index contributed by atoms with van der Waals surface area (Å²) in [6.45, 7) is 0.419. The van der Waals surface area contributed by atoms with Crippen molar-refractivity contribution in [3.05, 3.63) is 30.1 Å². The molecule has 0 spiro atoms. The van der Waals surface area contributed by atoms with Gasteiger partial charge in [0.25, 0.3) is 0 Å². The molecule has 2 saturated heterocycles. The van der Waals surface area contributed by atoms with Crippen molar-refractivity contribution in [2.24, 2.45) is 0 Å². The topological polar surface area (TPSA) is 57.7 Å². The van der Waals surface area contributed by atoms with Crippen molar-refractivity contribution in [3.8, 4) is 0 Å². The number of hydrogen-bond acceptors (Lipinski definition) is 3. The second-order valence-electron chi connectivity index (χ2n) is 6.25. The van der Waals surface area contributed by atoms with E-state index >= 15 is 0 Å². The highest BCUT2D eigenvalue weighted by molar-refractivity contribution is 7.89. The van der Waals surface area contributed by atoms with Gasteiger partial charge in [0.05, 0.1) is 4.90 Å². The van der Waals surface area contributed by atoms with Gasteiger partial charge in [0, 0.05) is 32.1 Å². The van der Waals surface area contributed by atoms with E-state index in [0.717, 1.165) is 12.5 Å². The minimum atomic E-state index is -3.76. The fourth-order valence-electron chi connectivity index (χ4n) is 3.68. The molecule has 2 fully saturated rings. The minimum Gasteiger partial charge on any atom is -0.341 e. The first-order chi connectivity index (χ1) is 10.9. The van der Waals surface area contributed by atoms with Gasteiger partial charge in [-0.3, -0.25) is 4.79 Å². The number of rotatable bonds is 2. The molecule has 2 heterocycles. The summed E-state index contributed by atoms with van der Waals surface area (Å²) in [5, 5.41) is 0. The van der Waals surface area contributed by atoms with E-state index in [1.165, 1.54) is 22.5 Å². The van der Waals surface area contributed by atoms with Crippen molar-refractivity contribution in [2.45, 2.75) is 49.1 Å². The van der Waals surface area contributed by atoms with Gasteiger partial charge in [0.2, 0.25) is 15.9 Å². The fourth-order valence-corrected chi connectivity index (χ4v) is 5.43. The first kappa shape index (κ1) is 16.4. The SMILES string of the molecule is CN1C(=O)CCC[C@@H]2[C@H]1CCCN2S(=O)(=O)c1cccc(F)c1. The zero-order chi connectivity index (χ0) is 16.6. The van der Waals surface area contributed by atoms with Crippen LogP contribution in [0.2, 0.25) is 0 Å². The third kappa shape index (κ3) is 2.99. The Balaban J connectivity index is 1.96. The Labute approximate surface area is 136 Å². The Hall–Kier alpha value is -1.47. The molecule has 1 amide bonds. The number of hydrogen-bond donors (Lipinski definition) is 0. The molecule has 126 valence electrons. The van der Waals surface area contributed by atoms with E-state index in [4.69, 9.17) is 0 Å². The molecule has 0 N–H and O–H groups in total. The quantitative estimate of drug-likeness (QED) is 0.827. The van der Waals surface area contributed by atoms with Crippen LogP contribution >= 0.6 is 0 Å². The fraction of sp³-hybridized carbons (Fsp3) is 0.562. The lowest BCUT2D eigenvalue weighted by Gasteiger charge is -2.42. The van der Waals surface area contributed by atoms with Crippen LogP contribution in [0.1, 0.15) is 32.1 Å². The summed E-state index contributed by atoms with van der Waals surface area (Å²) >= 11 is 0. The Morgan fingerprint density at radius 3 is 2.65 bits per heavy atom. The molecular weight excluding hydrogens is 319 g/mol. The number of benzene rings is 1. The van der Waals surface area contributed by atoms with Crippen LogP contribution in [0.3, 0.4) is 0 Å². The number of carbonyl (C=O) groups is 1. The van der Waals surface area contributed by atoms with Crippen LogP contribution in [0, 0.1) is 5.82 Å². The summed E-state index contributed by atoms with van der Waals surface area (Å²) in [7, 11) is -2.00. The number of sulfonamides is 1. The predicted molar refractivity (Wildman–Crippen MR) is 83.7 cm³/mol. The van der Waals surface area contributed by atoms with Gasteiger partial charge in [-0.25, -0.2) is 12.8 Å². The van der Waals surface area contributed by atoms with E-state index in [1.807, 2.05) is 0 Å². The van der Waals surface area contributed by atoms with E-state index in [-0.39, 0.29) is 22.9 Å². The molecule has 2 atom stereocenters. The number of carbonyl (C=O) groups excluding carboxylic acids is 1. The van der Waals surface area contributed by atoms with Gasteiger partial charge in [-0.1, -0.05) is 6.07 Å². The van der Waals surface area contributed by atoms with Crippen molar-refractivity contribution in [2.75, 3.05) is 13.6 Å². The van der Waals surface area contributed by atoms with Crippen LogP contribution in [-0.2, 0) is 14.8 Å².